The third-order valence-electron chi connectivity index (χ3n) is 5.88. The quantitative estimate of drug-likeness (QED) is 0.488. The minimum atomic E-state index is -0.123. The molecule has 0 radical (unpaired) electrons. The summed E-state index contributed by atoms with van der Waals surface area (Å²) in [6.07, 6.45) is 1.29. The van der Waals surface area contributed by atoms with Crippen molar-refractivity contribution in [2.75, 3.05) is 25.2 Å². The van der Waals surface area contributed by atoms with E-state index in [9.17, 15) is 9.59 Å². The Kier molecular flexibility index (Phi) is 6.55. The molecule has 5 rings (SSSR count). The maximum absolute atomic E-state index is 13.2. The number of likely N-dealkylation sites (tertiary alicyclic amines) is 1. The number of ether oxygens (including phenoxy) is 2. The summed E-state index contributed by atoms with van der Waals surface area (Å²) >= 11 is 3.37. The number of nitrogens with one attached hydrogen (secondary N) is 1. The monoisotopic (exact) mass is 480 g/mol. The second kappa shape index (κ2) is 9.89. The average Bonchev–Trinajstić information content (AvgIpc) is 3.54. The molecule has 1 saturated heterocycles. The Bertz CT molecular complexity index is 1140. The van der Waals surface area contributed by atoms with E-state index in [0.29, 0.717) is 43.1 Å². The van der Waals surface area contributed by atoms with Gasteiger partial charge in [0.25, 0.3) is 5.91 Å². The highest BCUT2D eigenvalue weighted by Crippen LogP contribution is 2.35. The molecule has 1 aromatic heterocycles. The summed E-state index contributed by atoms with van der Waals surface area (Å²) in [6.45, 7) is 1.35. The molecule has 2 aliphatic rings. The van der Waals surface area contributed by atoms with Crippen molar-refractivity contribution < 1.29 is 19.1 Å². The van der Waals surface area contributed by atoms with Gasteiger partial charge in [-0.3, -0.25) is 9.59 Å². The molecule has 0 aliphatic carbocycles. The van der Waals surface area contributed by atoms with Crippen molar-refractivity contribution in [1.29, 1.82) is 0 Å². The van der Waals surface area contributed by atoms with Crippen LogP contribution in [-0.4, -0.2) is 36.6 Å². The Balaban J connectivity index is 1.17. The van der Waals surface area contributed by atoms with Crippen LogP contribution in [0.5, 0.6) is 11.5 Å². The number of benzene rings is 2. The number of carbonyl (C=O) groups excluding carboxylic acids is 2. The van der Waals surface area contributed by atoms with Crippen molar-refractivity contribution in [3.63, 3.8) is 0 Å². The van der Waals surface area contributed by atoms with Crippen LogP contribution in [0.15, 0.2) is 64.2 Å². The summed E-state index contributed by atoms with van der Waals surface area (Å²) in [4.78, 5) is 28.9. The average molecular weight is 481 g/mol. The number of thioether (sulfide) groups is 1. The Morgan fingerprint density at radius 3 is 2.70 bits per heavy atom. The molecular formula is C25H24N2O4S2. The number of anilines is 1. The molecule has 6 nitrogen and oxygen atoms in total. The zero-order valence-electron chi connectivity index (χ0n) is 18.0. The lowest BCUT2D eigenvalue weighted by Gasteiger charge is -2.31. The minimum absolute atomic E-state index is 0.0207. The minimum Gasteiger partial charge on any atom is -0.454 e. The van der Waals surface area contributed by atoms with Crippen LogP contribution in [0.4, 0.5) is 5.69 Å². The standard InChI is InChI=1S/C25H24N2O4S2/c28-24(26-19-5-6-21-22(13-19)31-16-30-21)18-7-10-27(11-8-18)25(29)20-3-1-2-4-23(20)33-15-17-9-12-32-14-17/h1-6,9,12-14,18H,7-8,10-11,15-16H2,(H,26,28). The summed E-state index contributed by atoms with van der Waals surface area (Å²) in [5.41, 5.74) is 2.70. The molecule has 2 aliphatic heterocycles. The lowest BCUT2D eigenvalue weighted by Crippen LogP contribution is -2.41. The van der Waals surface area contributed by atoms with Crippen molar-refractivity contribution in [2.24, 2.45) is 5.92 Å². The normalized spacial score (nSPS) is 15.5. The van der Waals surface area contributed by atoms with E-state index >= 15 is 0 Å². The van der Waals surface area contributed by atoms with Gasteiger partial charge in [0.15, 0.2) is 11.5 Å². The molecule has 0 unspecified atom stereocenters. The maximum Gasteiger partial charge on any atom is 0.254 e. The highest BCUT2D eigenvalue weighted by atomic mass is 32.2. The van der Waals surface area contributed by atoms with E-state index in [0.717, 1.165) is 16.2 Å². The highest BCUT2D eigenvalue weighted by molar-refractivity contribution is 7.98. The predicted molar refractivity (Wildman–Crippen MR) is 130 cm³/mol. The molecular weight excluding hydrogens is 456 g/mol. The fourth-order valence-corrected chi connectivity index (χ4v) is 5.80. The molecule has 3 heterocycles. The van der Waals surface area contributed by atoms with Crippen molar-refractivity contribution in [2.45, 2.75) is 23.5 Å². The first kappa shape index (κ1) is 21.9. The van der Waals surface area contributed by atoms with Gasteiger partial charge >= 0.3 is 0 Å². The zero-order valence-corrected chi connectivity index (χ0v) is 19.6. The van der Waals surface area contributed by atoms with Crippen LogP contribution in [0.2, 0.25) is 0 Å². The van der Waals surface area contributed by atoms with Crippen LogP contribution >= 0.6 is 23.1 Å². The van der Waals surface area contributed by atoms with Gasteiger partial charge < -0.3 is 19.7 Å². The van der Waals surface area contributed by atoms with Gasteiger partial charge in [-0.05, 0) is 59.5 Å². The third kappa shape index (κ3) is 5.02. The topological polar surface area (TPSA) is 67.9 Å². The van der Waals surface area contributed by atoms with Gasteiger partial charge in [-0.1, -0.05) is 12.1 Å². The lowest BCUT2D eigenvalue weighted by atomic mass is 9.95. The predicted octanol–water partition coefficient (Wildman–Crippen LogP) is 5.26. The number of piperidine rings is 1. The van der Waals surface area contributed by atoms with Crippen molar-refractivity contribution in [3.8, 4) is 11.5 Å². The van der Waals surface area contributed by atoms with Gasteiger partial charge in [0.1, 0.15) is 0 Å². The summed E-state index contributed by atoms with van der Waals surface area (Å²) in [7, 11) is 0. The van der Waals surface area contributed by atoms with Gasteiger partial charge in [-0.15, -0.1) is 11.8 Å². The van der Waals surface area contributed by atoms with Gasteiger partial charge in [0.05, 0.1) is 5.56 Å². The van der Waals surface area contributed by atoms with Crippen LogP contribution in [-0.2, 0) is 10.5 Å². The molecule has 8 heteroatoms. The molecule has 0 atom stereocenters. The molecule has 0 bridgehead atoms. The molecule has 1 N–H and O–H groups in total. The number of rotatable bonds is 6. The summed E-state index contributed by atoms with van der Waals surface area (Å²) in [5.74, 6) is 2.07. The van der Waals surface area contributed by atoms with Crippen LogP contribution < -0.4 is 14.8 Å². The third-order valence-corrected chi connectivity index (χ3v) is 7.76. The summed E-state index contributed by atoms with van der Waals surface area (Å²) < 4.78 is 10.7. The van der Waals surface area contributed by atoms with E-state index in [1.165, 1.54) is 5.56 Å². The zero-order chi connectivity index (χ0) is 22.6. The van der Waals surface area contributed by atoms with Gasteiger partial charge in [0, 0.05) is 41.4 Å². The molecule has 2 amide bonds. The molecule has 3 aromatic rings. The van der Waals surface area contributed by atoms with Crippen LogP contribution in [0.1, 0.15) is 28.8 Å². The Morgan fingerprint density at radius 1 is 1.06 bits per heavy atom. The molecule has 0 spiro atoms. The van der Waals surface area contributed by atoms with Crippen molar-refractivity contribution in [3.05, 3.63) is 70.4 Å². The number of hydrogen-bond acceptors (Lipinski definition) is 6. The first-order chi connectivity index (χ1) is 16.2. The maximum atomic E-state index is 13.2. The summed E-state index contributed by atoms with van der Waals surface area (Å²) in [6, 6.07) is 15.3. The van der Waals surface area contributed by atoms with E-state index < -0.39 is 0 Å². The second-order valence-electron chi connectivity index (χ2n) is 8.04. The molecule has 170 valence electrons. The molecule has 1 fully saturated rings. The molecule has 33 heavy (non-hydrogen) atoms. The fraction of sp³-hybridized carbons (Fsp3) is 0.280. The van der Waals surface area contributed by atoms with Crippen molar-refractivity contribution in [1.82, 2.24) is 4.90 Å². The number of carbonyl (C=O) groups is 2. The Labute approximate surface area is 200 Å². The molecule has 0 saturated carbocycles. The van der Waals surface area contributed by atoms with E-state index in [1.54, 1.807) is 35.2 Å². The number of hydrogen-bond donors (Lipinski definition) is 1. The smallest absolute Gasteiger partial charge is 0.254 e. The first-order valence-corrected chi connectivity index (χ1v) is 12.8. The molecule has 2 aromatic carbocycles. The SMILES string of the molecule is O=C(Nc1ccc2c(c1)OCO2)C1CCN(C(=O)c2ccccc2SCc2ccsc2)CC1. The van der Waals surface area contributed by atoms with Crippen LogP contribution in [0.3, 0.4) is 0 Å². The Hall–Kier alpha value is -2.97. The number of amides is 2. The second-order valence-corrected chi connectivity index (χ2v) is 9.84. The van der Waals surface area contributed by atoms with Crippen LogP contribution in [0, 0.1) is 5.92 Å². The first-order valence-electron chi connectivity index (χ1n) is 10.9. The fourth-order valence-electron chi connectivity index (χ4n) is 4.04. The van der Waals surface area contributed by atoms with Crippen molar-refractivity contribution >= 4 is 40.6 Å². The highest BCUT2D eigenvalue weighted by Gasteiger charge is 2.29. The number of thiophene rings is 1. The number of nitrogens with zero attached hydrogens (tertiary/aromatic N) is 1. The largest absolute Gasteiger partial charge is 0.454 e. The number of fused-ring (bicyclic) bond motifs is 1. The summed E-state index contributed by atoms with van der Waals surface area (Å²) in [5, 5.41) is 7.18. The van der Waals surface area contributed by atoms with Gasteiger partial charge in [-0.2, -0.15) is 11.3 Å². The van der Waals surface area contributed by atoms with Crippen LogP contribution in [0.25, 0.3) is 0 Å². The van der Waals surface area contributed by atoms with E-state index in [1.807, 2.05) is 35.2 Å². The van der Waals surface area contributed by atoms with E-state index in [4.69, 9.17) is 9.47 Å². The van der Waals surface area contributed by atoms with E-state index in [2.05, 4.69) is 22.1 Å². The Morgan fingerprint density at radius 2 is 1.88 bits per heavy atom. The van der Waals surface area contributed by atoms with Gasteiger partial charge in [-0.25, -0.2) is 0 Å². The van der Waals surface area contributed by atoms with Gasteiger partial charge in [0.2, 0.25) is 12.7 Å². The lowest BCUT2D eigenvalue weighted by molar-refractivity contribution is -0.121. The van der Waals surface area contributed by atoms with E-state index in [-0.39, 0.29) is 24.5 Å².